The lowest BCUT2D eigenvalue weighted by molar-refractivity contribution is -0.0804. The van der Waals surface area contributed by atoms with Crippen molar-refractivity contribution in [2.45, 2.75) is 19.3 Å². The number of aromatic nitrogens is 2. The van der Waals surface area contributed by atoms with E-state index in [2.05, 4.69) is 9.84 Å². The number of benzene rings is 2. The van der Waals surface area contributed by atoms with E-state index in [1.807, 2.05) is 0 Å². The number of amides is 2. The Morgan fingerprint density at radius 3 is 2.54 bits per heavy atom. The van der Waals surface area contributed by atoms with Crippen LogP contribution in [0.1, 0.15) is 11.1 Å². The first-order valence-electron chi connectivity index (χ1n) is 11.1. The summed E-state index contributed by atoms with van der Waals surface area (Å²) >= 11 is 0. The first-order valence-corrected chi connectivity index (χ1v) is 12.9. The molecule has 198 valence electrons. The number of para-hydroxylation sites is 1. The van der Waals surface area contributed by atoms with Crippen LogP contribution in [0.25, 0.3) is 10.9 Å². The van der Waals surface area contributed by atoms with E-state index in [4.69, 9.17) is 5.41 Å². The van der Waals surface area contributed by atoms with Crippen molar-refractivity contribution in [1.29, 1.82) is 5.41 Å². The molecule has 0 unspecified atom stereocenters. The Morgan fingerprint density at radius 1 is 1.19 bits per heavy atom. The number of rotatable bonds is 5. The summed E-state index contributed by atoms with van der Waals surface area (Å²) in [4.78, 5) is 16.3. The molecule has 1 fully saturated rings. The van der Waals surface area contributed by atoms with Crippen LogP contribution in [0, 0.1) is 11.2 Å². The van der Waals surface area contributed by atoms with E-state index in [1.54, 1.807) is 36.1 Å². The zero-order chi connectivity index (χ0) is 27.0. The highest BCUT2D eigenvalue weighted by molar-refractivity contribution is 7.91. The number of halogens is 4. The average molecular weight is 542 g/mol. The van der Waals surface area contributed by atoms with Crippen molar-refractivity contribution < 1.29 is 35.5 Å². The maximum absolute atomic E-state index is 15.0. The second kappa shape index (κ2) is 10.00. The van der Waals surface area contributed by atoms with Crippen molar-refractivity contribution in [3.05, 3.63) is 59.5 Å². The van der Waals surface area contributed by atoms with Gasteiger partial charge in [0.05, 0.1) is 35.5 Å². The van der Waals surface area contributed by atoms with Gasteiger partial charge in [0.1, 0.15) is 12.4 Å². The largest absolute Gasteiger partial charge is 0.470 e. The summed E-state index contributed by atoms with van der Waals surface area (Å²) in [5.74, 6) is -3.03. The molecule has 1 aliphatic heterocycles. The molecule has 0 radical (unpaired) electrons. The molecule has 0 atom stereocenters. The molecule has 1 N–H and O–H groups in total. The highest BCUT2D eigenvalue weighted by Gasteiger charge is 2.37. The summed E-state index contributed by atoms with van der Waals surface area (Å²) in [6.45, 7) is -0.918. The Morgan fingerprint density at radius 2 is 1.89 bits per heavy atom. The molecule has 2 aromatic carbocycles. The first kappa shape index (κ1) is 26.4. The number of carbonyl (C=O) groups is 1. The van der Waals surface area contributed by atoms with Gasteiger partial charge in [0.2, 0.25) is 0 Å². The van der Waals surface area contributed by atoms with Crippen LogP contribution in [-0.4, -0.2) is 65.8 Å². The van der Waals surface area contributed by atoms with E-state index < -0.39 is 40.4 Å². The van der Waals surface area contributed by atoms with Gasteiger partial charge in [-0.1, -0.05) is 24.3 Å². The molecule has 1 aliphatic rings. The third-order valence-corrected chi connectivity index (χ3v) is 7.57. The molecule has 1 aromatic heterocycles. The Hall–Kier alpha value is -3.68. The molecule has 4 rings (SSSR count). The van der Waals surface area contributed by atoms with Crippen molar-refractivity contribution in [2.75, 3.05) is 29.5 Å². The van der Waals surface area contributed by atoms with E-state index in [0.29, 0.717) is 11.2 Å². The quantitative estimate of drug-likeness (QED) is 0.302. The topological polar surface area (TPSA) is 109 Å². The highest BCUT2D eigenvalue weighted by Crippen LogP contribution is 2.30. The summed E-state index contributed by atoms with van der Waals surface area (Å²) in [6, 6.07) is 8.33. The molecule has 9 nitrogen and oxygen atoms in total. The lowest BCUT2D eigenvalue weighted by atomic mass is 10.1. The van der Waals surface area contributed by atoms with E-state index in [-0.39, 0.29) is 42.3 Å². The number of nitrogens with zero attached hydrogens (tertiary/aromatic N) is 4. The van der Waals surface area contributed by atoms with Gasteiger partial charge in [-0.05, 0) is 17.7 Å². The molecule has 0 saturated carbocycles. The zero-order valence-corrected chi connectivity index (χ0v) is 20.4. The fraction of sp³-hybridized carbons (Fsp3) is 0.348. The smallest absolute Gasteiger partial charge is 0.467 e. The number of urea groups is 1. The third-order valence-electron chi connectivity index (χ3n) is 5.96. The monoisotopic (exact) mass is 541 g/mol. The number of alkyl halides is 3. The van der Waals surface area contributed by atoms with Crippen LogP contribution in [-0.2, 0) is 34.8 Å². The summed E-state index contributed by atoms with van der Waals surface area (Å²) < 4.78 is 82.2. The number of fused-ring (bicyclic) bond motifs is 1. The Bertz CT molecular complexity index is 1440. The standard InChI is InChI=1S/C23H23F4N5O4S/c1-30-20-16(12-29-30)3-2-4-19(20)32(22(33)31-7-9-37(34,35)10-8-31)13-17-6-5-15(11-18(17)24)14-36-21(28)23(25,26)27/h2-6,11-12,28H,7-10,13-14H2,1H3. The number of nitrogens with one attached hydrogen (secondary N) is 1. The molecule has 37 heavy (non-hydrogen) atoms. The van der Waals surface area contributed by atoms with E-state index in [1.165, 1.54) is 21.9 Å². The van der Waals surface area contributed by atoms with Crippen molar-refractivity contribution >= 4 is 38.4 Å². The molecule has 0 aliphatic carbocycles. The van der Waals surface area contributed by atoms with Gasteiger partial charge >= 0.3 is 12.2 Å². The predicted molar refractivity (Wildman–Crippen MR) is 127 cm³/mol. The van der Waals surface area contributed by atoms with Gasteiger partial charge in [-0.25, -0.2) is 17.6 Å². The SMILES string of the molecule is Cn1ncc2cccc(N(Cc3ccc(COC(=N)C(F)(F)F)cc3F)C(=O)N3CCS(=O)(=O)CC3)c21. The third kappa shape index (κ3) is 5.84. The summed E-state index contributed by atoms with van der Waals surface area (Å²) in [5.41, 5.74) is 1.19. The fourth-order valence-corrected chi connectivity index (χ4v) is 5.18. The number of hydrogen-bond acceptors (Lipinski definition) is 6. The minimum Gasteiger partial charge on any atom is -0.470 e. The molecule has 0 spiro atoms. The highest BCUT2D eigenvalue weighted by atomic mass is 32.2. The molecule has 14 heteroatoms. The van der Waals surface area contributed by atoms with Crippen molar-refractivity contribution in [1.82, 2.24) is 14.7 Å². The number of carbonyl (C=O) groups excluding carboxylic acids is 1. The van der Waals surface area contributed by atoms with Crippen LogP contribution in [0.3, 0.4) is 0 Å². The first-order chi connectivity index (χ1) is 17.4. The van der Waals surface area contributed by atoms with Gasteiger partial charge in [0, 0.05) is 31.1 Å². The second-order valence-corrected chi connectivity index (χ2v) is 10.8. The Kier molecular flexibility index (Phi) is 7.13. The van der Waals surface area contributed by atoms with Gasteiger partial charge < -0.3 is 9.64 Å². The minimum atomic E-state index is -4.94. The van der Waals surface area contributed by atoms with Gasteiger partial charge in [-0.3, -0.25) is 15.0 Å². The zero-order valence-electron chi connectivity index (χ0n) is 19.6. The molecule has 1 saturated heterocycles. The minimum absolute atomic E-state index is 0.0110. The molecule has 2 heterocycles. The normalized spacial score (nSPS) is 15.5. The number of aryl methyl sites for hydroxylation is 1. The van der Waals surface area contributed by atoms with Gasteiger partial charge in [-0.2, -0.15) is 18.3 Å². The van der Waals surface area contributed by atoms with Gasteiger partial charge in [0.15, 0.2) is 9.84 Å². The van der Waals surface area contributed by atoms with E-state index >= 15 is 4.39 Å². The number of sulfone groups is 1. The molecular weight excluding hydrogens is 518 g/mol. The number of ether oxygens (including phenoxy) is 1. The van der Waals surface area contributed by atoms with Crippen molar-refractivity contribution in [2.24, 2.45) is 7.05 Å². The summed E-state index contributed by atoms with van der Waals surface area (Å²) in [7, 11) is -1.56. The predicted octanol–water partition coefficient (Wildman–Crippen LogP) is 3.63. The maximum Gasteiger partial charge on any atom is 0.467 e. The van der Waals surface area contributed by atoms with Gasteiger partial charge in [-0.15, -0.1) is 0 Å². The van der Waals surface area contributed by atoms with Crippen LogP contribution in [0.15, 0.2) is 42.6 Å². The van der Waals surface area contributed by atoms with Crippen LogP contribution in [0.5, 0.6) is 0 Å². The van der Waals surface area contributed by atoms with E-state index in [9.17, 15) is 26.4 Å². The Balaban J connectivity index is 1.64. The number of anilines is 1. The lowest BCUT2D eigenvalue weighted by Crippen LogP contribution is -2.50. The summed E-state index contributed by atoms with van der Waals surface area (Å²) in [5, 5.41) is 11.8. The molecule has 2 amide bonds. The summed E-state index contributed by atoms with van der Waals surface area (Å²) in [6.07, 6.45) is -3.33. The van der Waals surface area contributed by atoms with Crippen molar-refractivity contribution in [3.8, 4) is 0 Å². The van der Waals surface area contributed by atoms with Crippen LogP contribution in [0.2, 0.25) is 0 Å². The fourth-order valence-electron chi connectivity index (χ4n) is 3.98. The number of hydrogen-bond donors (Lipinski definition) is 1. The van der Waals surface area contributed by atoms with Crippen molar-refractivity contribution in [3.63, 3.8) is 0 Å². The second-order valence-electron chi connectivity index (χ2n) is 8.53. The van der Waals surface area contributed by atoms with E-state index in [0.717, 1.165) is 11.5 Å². The van der Waals surface area contributed by atoms with Crippen LogP contribution < -0.4 is 4.90 Å². The molecular formula is C23H23F4N5O4S. The molecule has 3 aromatic rings. The Labute approximate surface area is 209 Å². The van der Waals surface area contributed by atoms with Crippen LogP contribution >= 0.6 is 0 Å². The average Bonchev–Trinajstić information content (AvgIpc) is 3.22. The molecule has 0 bridgehead atoms. The van der Waals surface area contributed by atoms with Gasteiger partial charge in [0.25, 0.3) is 5.90 Å². The van der Waals surface area contributed by atoms with Crippen LogP contribution in [0.4, 0.5) is 28.0 Å². The lowest BCUT2D eigenvalue weighted by Gasteiger charge is -2.33. The maximum atomic E-state index is 15.0.